The molecule has 33 heavy (non-hydrogen) atoms. The lowest BCUT2D eigenvalue weighted by molar-refractivity contribution is 0.0501. The Morgan fingerprint density at radius 3 is 2.82 bits per heavy atom. The maximum Gasteiger partial charge on any atom is 0.407 e. The summed E-state index contributed by atoms with van der Waals surface area (Å²) in [6.07, 6.45) is 3.42. The molecule has 11 heteroatoms. The normalized spacial score (nSPS) is 15.5. The minimum atomic E-state index is -0.913. The van der Waals surface area contributed by atoms with Gasteiger partial charge in [-0.15, -0.1) is 0 Å². The number of rotatable bonds is 6. The molecule has 170 valence electrons. The van der Waals surface area contributed by atoms with Crippen molar-refractivity contribution in [2.24, 2.45) is 7.05 Å². The van der Waals surface area contributed by atoms with Gasteiger partial charge in [0, 0.05) is 43.2 Å². The maximum atomic E-state index is 11.2. The van der Waals surface area contributed by atoms with Gasteiger partial charge in [0.25, 0.3) is 0 Å². The first kappa shape index (κ1) is 20.7. The van der Waals surface area contributed by atoms with E-state index >= 15 is 0 Å². The highest BCUT2D eigenvalue weighted by atomic mass is 16.5. The van der Waals surface area contributed by atoms with Gasteiger partial charge >= 0.3 is 6.09 Å². The molecule has 2 N–H and O–H groups in total. The molecular weight excluding hydrogens is 424 g/mol. The fourth-order valence-corrected chi connectivity index (χ4v) is 4.02. The third-order valence-electron chi connectivity index (χ3n) is 5.69. The summed E-state index contributed by atoms with van der Waals surface area (Å²) >= 11 is 0. The Labute approximate surface area is 189 Å². The molecule has 1 fully saturated rings. The summed E-state index contributed by atoms with van der Waals surface area (Å²) < 4.78 is 9.51. The van der Waals surface area contributed by atoms with Crippen LogP contribution in [0.25, 0.3) is 16.8 Å². The third kappa shape index (κ3) is 4.04. The monoisotopic (exact) mass is 448 g/mol. The number of nitrogens with zero attached hydrogens (tertiary/aromatic N) is 7. The number of pyridine rings is 1. The summed E-state index contributed by atoms with van der Waals surface area (Å²) in [4.78, 5) is 21.3. The van der Waals surface area contributed by atoms with E-state index in [4.69, 9.17) is 4.74 Å². The fraction of sp³-hybridized carbons (Fsp3) is 0.318. The topological polar surface area (TPSA) is 123 Å². The number of hydrogen-bond donors (Lipinski definition) is 2. The molecule has 0 radical (unpaired) electrons. The number of carboxylic acid groups (broad SMARTS) is 1. The predicted octanol–water partition coefficient (Wildman–Crippen LogP) is 3.02. The van der Waals surface area contributed by atoms with E-state index in [-0.39, 0.29) is 6.04 Å². The third-order valence-corrected chi connectivity index (χ3v) is 5.69. The summed E-state index contributed by atoms with van der Waals surface area (Å²) in [6, 6.07) is 7.63. The first-order chi connectivity index (χ1) is 15.9. The van der Waals surface area contributed by atoms with Crippen LogP contribution in [0, 0.1) is 13.8 Å². The van der Waals surface area contributed by atoms with Crippen LogP contribution in [-0.2, 0) is 7.05 Å². The van der Waals surface area contributed by atoms with Crippen LogP contribution in [0.4, 0.5) is 16.4 Å². The molecule has 5 heterocycles. The highest BCUT2D eigenvalue weighted by molar-refractivity contribution is 5.73. The average molecular weight is 448 g/mol. The second-order valence-corrected chi connectivity index (χ2v) is 8.09. The number of anilines is 2. The summed E-state index contributed by atoms with van der Waals surface area (Å²) in [6.45, 7) is 4.62. The van der Waals surface area contributed by atoms with E-state index < -0.39 is 6.09 Å². The van der Waals surface area contributed by atoms with E-state index in [9.17, 15) is 9.90 Å². The summed E-state index contributed by atoms with van der Waals surface area (Å²) in [5.74, 6) is 2.67. The van der Waals surface area contributed by atoms with Gasteiger partial charge in [-0.3, -0.25) is 4.68 Å². The average Bonchev–Trinajstić information content (AvgIpc) is 3.27. The van der Waals surface area contributed by atoms with Crippen molar-refractivity contribution in [3.05, 3.63) is 48.2 Å². The Hall–Kier alpha value is -4.15. The van der Waals surface area contributed by atoms with Gasteiger partial charge in [-0.1, -0.05) is 0 Å². The largest absolute Gasteiger partial charge is 0.487 e. The highest BCUT2D eigenvalue weighted by Gasteiger charge is 2.32. The van der Waals surface area contributed by atoms with E-state index in [2.05, 4.69) is 25.5 Å². The second-order valence-electron chi connectivity index (χ2n) is 8.09. The first-order valence-corrected chi connectivity index (χ1v) is 10.6. The van der Waals surface area contributed by atoms with Crippen LogP contribution in [-0.4, -0.2) is 64.7 Å². The molecule has 1 aliphatic rings. The standard InChI is InChI=1S/C22H24N8O3/c1-13-8-19(25-14(2)24-13)26-20-10-17-9-15(4-7-30(17)27-20)21-18(11-23-28(21)3)33-12-16-5-6-29(16)22(31)32/h4,7-11,16H,5-6,12H2,1-3H3,(H,31,32)(H,24,25,26,27). The molecule has 4 aromatic heterocycles. The lowest BCUT2D eigenvalue weighted by Gasteiger charge is -2.38. The molecular formula is C22H24N8O3. The number of fused-ring (bicyclic) bond motifs is 1. The number of carbonyl (C=O) groups is 1. The Balaban J connectivity index is 1.38. The van der Waals surface area contributed by atoms with Crippen LogP contribution in [0.1, 0.15) is 17.9 Å². The Morgan fingerprint density at radius 1 is 1.24 bits per heavy atom. The zero-order valence-corrected chi connectivity index (χ0v) is 18.6. The van der Waals surface area contributed by atoms with Gasteiger partial charge in [0.1, 0.15) is 23.9 Å². The quantitative estimate of drug-likeness (QED) is 0.461. The van der Waals surface area contributed by atoms with Gasteiger partial charge in [-0.2, -0.15) is 10.2 Å². The molecule has 1 aliphatic heterocycles. The van der Waals surface area contributed by atoms with Crippen LogP contribution in [0.3, 0.4) is 0 Å². The number of amides is 1. The SMILES string of the molecule is Cc1cc(Nc2cc3cc(-c4c(OCC5CCN5C(=O)O)cnn4C)ccn3n2)nc(C)n1. The van der Waals surface area contributed by atoms with Crippen molar-refractivity contribution in [1.82, 2.24) is 34.3 Å². The summed E-state index contributed by atoms with van der Waals surface area (Å²) in [7, 11) is 1.85. The fourth-order valence-electron chi connectivity index (χ4n) is 4.02. The first-order valence-electron chi connectivity index (χ1n) is 10.6. The molecule has 0 saturated carbocycles. The molecule has 0 aliphatic carbocycles. The van der Waals surface area contributed by atoms with Crippen molar-refractivity contribution in [2.45, 2.75) is 26.3 Å². The van der Waals surface area contributed by atoms with Crippen molar-refractivity contribution >= 4 is 23.2 Å². The lowest BCUT2D eigenvalue weighted by Crippen LogP contribution is -2.53. The second kappa shape index (κ2) is 8.08. The smallest absolute Gasteiger partial charge is 0.407 e. The van der Waals surface area contributed by atoms with Crippen LogP contribution in [0.15, 0.2) is 36.7 Å². The van der Waals surface area contributed by atoms with Crippen molar-refractivity contribution in [3.8, 4) is 17.0 Å². The van der Waals surface area contributed by atoms with E-state index in [0.29, 0.717) is 36.4 Å². The molecule has 1 unspecified atom stereocenters. The van der Waals surface area contributed by atoms with Crippen molar-refractivity contribution in [3.63, 3.8) is 0 Å². The number of nitrogens with one attached hydrogen (secondary N) is 1. The number of hydrogen-bond acceptors (Lipinski definition) is 7. The molecule has 11 nitrogen and oxygen atoms in total. The van der Waals surface area contributed by atoms with Crippen LogP contribution < -0.4 is 10.1 Å². The molecule has 1 atom stereocenters. The van der Waals surface area contributed by atoms with Gasteiger partial charge in [0.2, 0.25) is 0 Å². The van der Waals surface area contributed by atoms with E-state index in [1.807, 2.05) is 51.4 Å². The Kier molecular flexibility index (Phi) is 5.08. The van der Waals surface area contributed by atoms with Crippen molar-refractivity contribution in [1.29, 1.82) is 0 Å². The summed E-state index contributed by atoms with van der Waals surface area (Å²) in [5, 5.41) is 21.3. The van der Waals surface area contributed by atoms with Crippen LogP contribution in [0.5, 0.6) is 5.75 Å². The summed E-state index contributed by atoms with van der Waals surface area (Å²) in [5.41, 5.74) is 3.51. The molecule has 0 bridgehead atoms. The zero-order chi connectivity index (χ0) is 23.1. The molecule has 0 aromatic carbocycles. The van der Waals surface area contributed by atoms with Gasteiger partial charge < -0.3 is 20.1 Å². The molecule has 1 amide bonds. The van der Waals surface area contributed by atoms with Crippen molar-refractivity contribution in [2.75, 3.05) is 18.5 Å². The predicted molar refractivity (Wildman–Crippen MR) is 121 cm³/mol. The molecule has 5 rings (SSSR count). The number of aryl methyl sites for hydroxylation is 3. The van der Waals surface area contributed by atoms with Crippen molar-refractivity contribution < 1.29 is 14.6 Å². The van der Waals surface area contributed by atoms with Crippen LogP contribution >= 0.6 is 0 Å². The number of ether oxygens (including phenoxy) is 1. The van der Waals surface area contributed by atoms with E-state index in [0.717, 1.165) is 28.9 Å². The molecule has 0 spiro atoms. The van der Waals surface area contributed by atoms with E-state index in [1.165, 1.54) is 4.90 Å². The highest BCUT2D eigenvalue weighted by Crippen LogP contribution is 2.31. The van der Waals surface area contributed by atoms with Gasteiger partial charge in [0.05, 0.1) is 17.8 Å². The van der Waals surface area contributed by atoms with Gasteiger partial charge in [-0.25, -0.2) is 19.3 Å². The van der Waals surface area contributed by atoms with Crippen LogP contribution in [0.2, 0.25) is 0 Å². The number of likely N-dealkylation sites (tertiary alicyclic amines) is 1. The lowest BCUT2D eigenvalue weighted by atomic mass is 10.1. The van der Waals surface area contributed by atoms with E-state index in [1.54, 1.807) is 15.4 Å². The Morgan fingerprint density at radius 2 is 2.09 bits per heavy atom. The number of aromatic nitrogens is 6. The van der Waals surface area contributed by atoms with Gasteiger partial charge in [0.15, 0.2) is 11.6 Å². The molecule has 1 saturated heterocycles. The zero-order valence-electron chi connectivity index (χ0n) is 18.6. The minimum absolute atomic E-state index is 0.129. The minimum Gasteiger partial charge on any atom is -0.487 e. The maximum absolute atomic E-state index is 11.2. The Bertz CT molecular complexity index is 1320. The van der Waals surface area contributed by atoms with Gasteiger partial charge in [-0.05, 0) is 32.4 Å². The molecule has 4 aromatic rings.